The SMILES string of the molecule is C=C(C)[C@H]1C[C@@H]2O[C@]2(C)[C@@H](OC(=O)/C(C)=C\C)C[C@H]2O[C@@]2(C)[C@@H](O)[C@H]1OC(=O)/C(C)=C\C. The number of carbonyl (C=O) groups excluding carboxylic acids is 2. The lowest BCUT2D eigenvalue weighted by Gasteiger charge is -2.34. The van der Waals surface area contributed by atoms with E-state index in [1.165, 1.54) is 0 Å². The number of aliphatic hydroxyl groups excluding tert-OH is 1. The first-order valence-corrected chi connectivity index (χ1v) is 11.3. The molecule has 3 aliphatic rings. The highest BCUT2D eigenvalue weighted by atomic mass is 16.7. The molecule has 0 aromatic rings. The molecule has 7 nitrogen and oxygen atoms in total. The van der Waals surface area contributed by atoms with Gasteiger partial charge < -0.3 is 24.1 Å². The molecule has 0 bridgehead atoms. The number of ether oxygens (including phenoxy) is 4. The van der Waals surface area contributed by atoms with Crippen molar-refractivity contribution in [2.45, 2.75) is 103 Å². The molecule has 7 heteroatoms. The number of hydrogen-bond acceptors (Lipinski definition) is 7. The van der Waals surface area contributed by atoms with Crippen molar-refractivity contribution in [3.63, 3.8) is 0 Å². The molecular weight excluding hydrogens is 412 g/mol. The first-order valence-electron chi connectivity index (χ1n) is 11.3. The molecule has 0 aromatic carbocycles. The van der Waals surface area contributed by atoms with Gasteiger partial charge in [0, 0.05) is 23.5 Å². The van der Waals surface area contributed by atoms with Crippen LogP contribution in [0.1, 0.15) is 61.3 Å². The van der Waals surface area contributed by atoms with E-state index < -0.39 is 41.5 Å². The second-order valence-corrected chi connectivity index (χ2v) is 9.66. The van der Waals surface area contributed by atoms with Crippen LogP contribution in [0.15, 0.2) is 35.5 Å². The average molecular weight is 449 g/mol. The molecule has 3 rings (SSSR count). The Morgan fingerprint density at radius 1 is 0.938 bits per heavy atom. The zero-order valence-corrected chi connectivity index (χ0v) is 20.1. The molecule has 0 aromatic heterocycles. The predicted octanol–water partition coefficient (Wildman–Crippen LogP) is 3.40. The Morgan fingerprint density at radius 3 is 1.97 bits per heavy atom. The first-order chi connectivity index (χ1) is 14.9. The van der Waals surface area contributed by atoms with Gasteiger partial charge in [0.1, 0.15) is 29.5 Å². The van der Waals surface area contributed by atoms with Gasteiger partial charge in [0.2, 0.25) is 0 Å². The van der Waals surface area contributed by atoms with Crippen LogP contribution in [-0.4, -0.2) is 58.8 Å². The standard InChI is InChI=1S/C25H36O7/c1-9-14(5)22(27)29-17-12-19-25(8,32-19)21(26)20(30-23(28)15(6)10-2)16(13(3)4)11-18-24(17,7)31-18/h9-10,16-21,26H,3,11-12H2,1-2,4-8H3/b14-9-,15-10-/t16-,17+,18+,19-,20+,21+,24-,25-/m1/s1. The predicted molar refractivity (Wildman–Crippen MR) is 119 cm³/mol. The molecule has 0 unspecified atom stereocenters. The van der Waals surface area contributed by atoms with Crippen molar-refractivity contribution in [3.8, 4) is 0 Å². The maximum atomic E-state index is 12.6. The summed E-state index contributed by atoms with van der Waals surface area (Å²) < 4.78 is 23.7. The molecule has 32 heavy (non-hydrogen) atoms. The Bertz CT molecular complexity index is 858. The molecule has 0 spiro atoms. The van der Waals surface area contributed by atoms with Crippen LogP contribution >= 0.6 is 0 Å². The average Bonchev–Trinajstić information content (AvgIpc) is 3.62. The maximum Gasteiger partial charge on any atom is 0.333 e. The van der Waals surface area contributed by atoms with E-state index in [-0.39, 0.29) is 18.1 Å². The number of aliphatic hydroxyl groups is 1. The van der Waals surface area contributed by atoms with E-state index in [0.717, 1.165) is 5.57 Å². The summed E-state index contributed by atoms with van der Waals surface area (Å²) in [5.74, 6) is -1.22. The van der Waals surface area contributed by atoms with Crippen molar-refractivity contribution in [2.24, 2.45) is 5.92 Å². The van der Waals surface area contributed by atoms with E-state index in [1.807, 2.05) is 13.8 Å². The number of esters is 2. The van der Waals surface area contributed by atoms with Gasteiger partial charge in [-0.15, -0.1) is 0 Å². The highest BCUT2D eigenvalue weighted by molar-refractivity contribution is 5.88. The summed E-state index contributed by atoms with van der Waals surface area (Å²) in [6.07, 6.45) is 1.23. The Labute approximate surface area is 190 Å². The number of carbonyl (C=O) groups is 2. The molecule has 8 atom stereocenters. The fourth-order valence-corrected chi connectivity index (χ4v) is 4.46. The van der Waals surface area contributed by atoms with Crippen molar-refractivity contribution in [2.75, 3.05) is 0 Å². The Balaban J connectivity index is 1.92. The summed E-state index contributed by atoms with van der Waals surface area (Å²) in [6.45, 7) is 16.6. The third-order valence-electron chi connectivity index (χ3n) is 7.42. The molecule has 0 radical (unpaired) electrons. The van der Waals surface area contributed by atoms with Crippen molar-refractivity contribution in [3.05, 3.63) is 35.5 Å². The highest BCUT2D eigenvalue weighted by Gasteiger charge is 2.68. The molecule has 3 fully saturated rings. The summed E-state index contributed by atoms with van der Waals surface area (Å²) in [6, 6.07) is 0. The van der Waals surface area contributed by atoms with Gasteiger partial charge in [-0.3, -0.25) is 0 Å². The Morgan fingerprint density at radius 2 is 1.44 bits per heavy atom. The van der Waals surface area contributed by atoms with Gasteiger partial charge in [-0.2, -0.15) is 0 Å². The van der Waals surface area contributed by atoms with E-state index in [0.29, 0.717) is 24.0 Å². The monoisotopic (exact) mass is 448 g/mol. The fraction of sp³-hybridized carbons (Fsp3) is 0.680. The minimum atomic E-state index is -1.07. The van der Waals surface area contributed by atoms with E-state index in [4.69, 9.17) is 18.9 Å². The Kier molecular flexibility index (Phi) is 6.76. The second kappa shape index (κ2) is 8.76. The molecule has 2 saturated heterocycles. The van der Waals surface area contributed by atoms with E-state index in [2.05, 4.69) is 6.58 Å². The topological polar surface area (TPSA) is 97.9 Å². The highest BCUT2D eigenvalue weighted by Crippen LogP contribution is 2.53. The number of rotatable bonds is 5. The third kappa shape index (κ3) is 4.43. The molecule has 1 saturated carbocycles. The van der Waals surface area contributed by atoms with Crippen LogP contribution in [0.3, 0.4) is 0 Å². The van der Waals surface area contributed by atoms with E-state index in [9.17, 15) is 14.7 Å². The summed E-state index contributed by atoms with van der Waals surface area (Å²) in [5, 5.41) is 11.3. The van der Waals surface area contributed by atoms with Crippen LogP contribution in [0.5, 0.6) is 0 Å². The number of fused-ring (bicyclic) bond motifs is 2. The molecule has 1 aliphatic carbocycles. The zero-order chi connectivity index (χ0) is 24.0. The van der Waals surface area contributed by atoms with Crippen molar-refractivity contribution in [1.82, 2.24) is 0 Å². The minimum absolute atomic E-state index is 0.229. The van der Waals surface area contributed by atoms with Crippen LogP contribution in [0.25, 0.3) is 0 Å². The zero-order valence-electron chi connectivity index (χ0n) is 20.1. The van der Waals surface area contributed by atoms with Gasteiger partial charge in [0.05, 0.1) is 12.2 Å². The summed E-state index contributed by atoms with van der Waals surface area (Å²) in [4.78, 5) is 25.1. The van der Waals surface area contributed by atoms with Gasteiger partial charge in [0.25, 0.3) is 0 Å². The Hall–Kier alpha value is -1.96. The van der Waals surface area contributed by atoms with Gasteiger partial charge in [-0.25, -0.2) is 9.59 Å². The third-order valence-corrected chi connectivity index (χ3v) is 7.42. The summed E-state index contributed by atoms with van der Waals surface area (Å²) in [5.41, 5.74) is 0.152. The molecule has 0 amide bonds. The van der Waals surface area contributed by atoms with Crippen LogP contribution in [0.4, 0.5) is 0 Å². The molecule has 2 heterocycles. The molecule has 2 aliphatic heterocycles. The van der Waals surface area contributed by atoms with Crippen LogP contribution in [0.2, 0.25) is 0 Å². The molecule has 178 valence electrons. The normalized spacial score (nSPS) is 41.6. The van der Waals surface area contributed by atoms with E-state index in [1.54, 1.807) is 46.8 Å². The minimum Gasteiger partial charge on any atom is -0.456 e. The lowest BCUT2D eigenvalue weighted by Crippen LogP contribution is -2.49. The van der Waals surface area contributed by atoms with Gasteiger partial charge in [0.15, 0.2) is 0 Å². The largest absolute Gasteiger partial charge is 0.456 e. The van der Waals surface area contributed by atoms with Crippen molar-refractivity contribution >= 4 is 11.9 Å². The van der Waals surface area contributed by atoms with Crippen LogP contribution < -0.4 is 0 Å². The van der Waals surface area contributed by atoms with Gasteiger partial charge >= 0.3 is 11.9 Å². The lowest BCUT2D eigenvalue weighted by atomic mass is 9.78. The molecular formula is C25H36O7. The van der Waals surface area contributed by atoms with Crippen molar-refractivity contribution in [1.29, 1.82) is 0 Å². The second-order valence-electron chi connectivity index (χ2n) is 9.66. The van der Waals surface area contributed by atoms with Crippen molar-refractivity contribution < 1.29 is 33.6 Å². The first kappa shape index (κ1) is 24.7. The van der Waals surface area contributed by atoms with E-state index >= 15 is 0 Å². The fourth-order valence-electron chi connectivity index (χ4n) is 4.46. The number of hydrogen-bond donors (Lipinski definition) is 1. The number of epoxide rings is 2. The molecule has 1 N–H and O–H groups in total. The van der Waals surface area contributed by atoms with Crippen LogP contribution in [-0.2, 0) is 28.5 Å². The van der Waals surface area contributed by atoms with Crippen LogP contribution in [0, 0.1) is 5.92 Å². The number of allylic oxidation sites excluding steroid dienone is 2. The summed E-state index contributed by atoms with van der Waals surface area (Å²) >= 11 is 0. The smallest absolute Gasteiger partial charge is 0.333 e. The van der Waals surface area contributed by atoms with Gasteiger partial charge in [-0.1, -0.05) is 24.3 Å². The summed E-state index contributed by atoms with van der Waals surface area (Å²) in [7, 11) is 0. The lowest BCUT2D eigenvalue weighted by molar-refractivity contribution is -0.157. The van der Waals surface area contributed by atoms with Gasteiger partial charge in [-0.05, 0) is 54.9 Å². The maximum absolute atomic E-state index is 12.6. The quantitative estimate of drug-likeness (QED) is 0.298.